The summed E-state index contributed by atoms with van der Waals surface area (Å²) in [6.07, 6.45) is 3.99. The topological polar surface area (TPSA) is 21.3 Å². The summed E-state index contributed by atoms with van der Waals surface area (Å²) in [5.41, 5.74) is 1.35. The number of nitrogens with one attached hydrogen (secondary N) is 1. The minimum absolute atomic E-state index is 0.346. The lowest BCUT2D eigenvalue weighted by Crippen LogP contribution is -2.41. The number of halogens is 1. The smallest absolute Gasteiger partial charge is 0.0755 e. The molecule has 0 aliphatic heterocycles. The molecule has 1 aliphatic carbocycles. The normalized spacial score (nSPS) is 19.0. The van der Waals surface area contributed by atoms with Gasteiger partial charge in [0.05, 0.1) is 6.10 Å². The molecule has 0 saturated heterocycles. The Hall–Kier alpha value is -0.380. The zero-order valence-electron chi connectivity index (χ0n) is 10.4. The van der Waals surface area contributed by atoms with Crippen LogP contribution in [0, 0.1) is 5.92 Å². The first kappa shape index (κ1) is 13.1. The molecule has 1 aliphatic rings. The van der Waals surface area contributed by atoms with Crippen molar-refractivity contribution in [1.82, 2.24) is 5.32 Å². The van der Waals surface area contributed by atoms with E-state index >= 15 is 0 Å². The minimum atomic E-state index is 0.346. The van der Waals surface area contributed by atoms with Crippen molar-refractivity contribution in [3.8, 4) is 0 Å². The van der Waals surface area contributed by atoms with Crippen molar-refractivity contribution in [2.75, 3.05) is 14.2 Å². The number of likely N-dealkylation sites (N-methyl/N-ethyl adjacent to an activating group) is 1. The van der Waals surface area contributed by atoms with E-state index in [1.807, 2.05) is 14.2 Å². The van der Waals surface area contributed by atoms with Gasteiger partial charge < -0.3 is 10.1 Å². The van der Waals surface area contributed by atoms with Gasteiger partial charge in [-0.05, 0) is 49.9 Å². The van der Waals surface area contributed by atoms with Crippen molar-refractivity contribution in [3.05, 3.63) is 34.3 Å². The summed E-state index contributed by atoms with van der Waals surface area (Å²) in [5, 5.41) is 3.40. The van der Waals surface area contributed by atoms with Crippen LogP contribution in [0.4, 0.5) is 0 Å². The highest BCUT2D eigenvalue weighted by Gasteiger charge is 2.36. The molecule has 2 unspecified atom stereocenters. The molecule has 2 nitrogen and oxygen atoms in total. The average Bonchev–Trinajstić information content (AvgIpc) is 3.13. The average molecular weight is 298 g/mol. The van der Waals surface area contributed by atoms with Crippen LogP contribution in [0.2, 0.25) is 0 Å². The summed E-state index contributed by atoms with van der Waals surface area (Å²) >= 11 is 3.52. The van der Waals surface area contributed by atoms with Crippen LogP contribution < -0.4 is 5.32 Å². The monoisotopic (exact) mass is 297 g/mol. The Labute approximate surface area is 112 Å². The molecule has 2 rings (SSSR count). The molecule has 2 atom stereocenters. The van der Waals surface area contributed by atoms with Crippen molar-refractivity contribution in [2.24, 2.45) is 5.92 Å². The van der Waals surface area contributed by atoms with Gasteiger partial charge in [0.25, 0.3) is 0 Å². The van der Waals surface area contributed by atoms with Gasteiger partial charge in [0, 0.05) is 17.6 Å². The maximum absolute atomic E-state index is 5.66. The number of methoxy groups -OCH3 is 1. The summed E-state index contributed by atoms with van der Waals surface area (Å²) < 4.78 is 6.80. The zero-order chi connectivity index (χ0) is 12.3. The lowest BCUT2D eigenvalue weighted by atomic mass is 9.98. The molecular weight excluding hydrogens is 278 g/mol. The first-order chi connectivity index (χ1) is 8.24. The van der Waals surface area contributed by atoms with Crippen LogP contribution in [0.1, 0.15) is 18.4 Å². The van der Waals surface area contributed by atoms with Crippen molar-refractivity contribution < 1.29 is 4.74 Å². The van der Waals surface area contributed by atoms with E-state index in [1.165, 1.54) is 18.4 Å². The summed E-state index contributed by atoms with van der Waals surface area (Å²) in [6.45, 7) is 0. The van der Waals surface area contributed by atoms with E-state index < -0.39 is 0 Å². The molecule has 3 heteroatoms. The van der Waals surface area contributed by atoms with E-state index in [0.717, 1.165) is 16.8 Å². The first-order valence-corrected chi connectivity index (χ1v) is 6.98. The molecule has 1 fully saturated rings. The standard InChI is InChI=1S/C14H20BrNO/c1-16-13(14(17-2)11-6-7-11)9-10-4-3-5-12(15)8-10/h3-5,8,11,13-14,16H,6-7,9H2,1-2H3. The maximum atomic E-state index is 5.66. The van der Waals surface area contributed by atoms with Gasteiger partial charge in [0.2, 0.25) is 0 Å². The van der Waals surface area contributed by atoms with Crippen LogP contribution in [-0.2, 0) is 11.2 Å². The second kappa shape index (κ2) is 5.98. The summed E-state index contributed by atoms with van der Waals surface area (Å²) in [6, 6.07) is 8.91. The van der Waals surface area contributed by atoms with Crippen molar-refractivity contribution >= 4 is 15.9 Å². The summed E-state index contributed by atoms with van der Waals surface area (Å²) in [7, 11) is 3.85. The number of hydrogen-bond donors (Lipinski definition) is 1. The van der Waals surface area contributed by atoms with Crippen molar-refractivity contribution in [2.45, 2.75) is 31.4 Å². The predicted octanol–water partition coefficient (Wildman–Crippen LogP) is 3.00. The van der Waals surface area contributed by atoms with Gasteiger partial charge in [-0.3, -0.25) is 0 Å². The van der Waals surface area contributed by atoms with Gasteiger partial charge >= 0.3 is 0 Å². The molecule has 0 aromatic heterocycles. The lowest BCUT2D eigenvalue weighted by molar-refractivity contribution is 0.0534. The highest BCUT2D eigenvalue weighted by atomic mass is 79.9. The zero-order valence-corrected chi connectivity index (χ0v) is 12.0. The van der Waals surface area contributed by atoms with Gasteiger partial charge in [-0.25, -0.2) is 0 Å². The number of benzene rings is 1. The van der Waals surface area contributed by atoms with E-state index in [9.17, 15) is 0 Å². The fourth-order valence-electron chi connectivity index (χ4n) is 2.41. The molecule has 0 amide bonds. The molecule has 0 heterocycles. The number of rotatable bonds is 6. The Balaban J connectivity index is 2.03. The van der Waals surface area contributed by atoms with E-state index in [-0.39, 0.29) is 0 Å². The molecule has 1 aromatic rings. The Kier molecular flexibility index (Phi) is 4.60. The van der Waals surface area contributed by atoms with Crippen LogP contribution in [0.3, 0.4) is 0 Å². The quantitative estimate of drug-likeness (QED) is 0.871. The second-order valence-electron chi connectivity index (χ2n) is 4.77. The summed E-state index contributed by atoms with van der Waals surface area (Å²) in [4.78, 5) is 0. The molecule has 1 saturated carbocycles. The fraction of sp³-hybridized carbons (Fsp3) is 0.571. The van der Waals surface area contributed by atoms with E-state index in [1.54, 1.807) is 0 Å². The van der Waals surface area contributed by atoms with Crippen LogP contribution in [0.5, 0.6) is 0 Å². The minimum Gasteiger partial charge on any atom is -0.380 e. The number of ether oxygens (including phenoxy) is 1. The molecule has 94 valence electrons. The van der Waals surface area contributed by atoms with Gasteiger partial charge in [0.15, 0.2) is 0 Å². The highest BCUT2D eigenvalue weighted by molar-refractivity contribution is 9.10. The van der Waals surface area contributed by atoms with Gasteiger partial charge in [-0.2, -0.15) is 0 Å². The fourth-order valence-corrected chi connectivity index (χ4v) is 2.86. The first-order valence-electron chi connectivity index (χ1n) is 6.19. The SMILES string of the molecule is CNC(Cc1cccc(Br)c1)C(OC)C1CC1. The third kappa shape index (κ3) is 3.54. The third-order valence-corrected chi connectivity index (χ3v) is 3.96. The van der Waals surface area contributed by atoms with Crippen LogP contribution in [0.25, 0.3) is 0 Å². The van der Waals surface area contributed by atoms with Gasteiger partial charge in [-0.1, -0.05) is 28.1 Å². The maximum Gasteiger partial charge on any atom is 0.0755 e. The molecule has 0 spiro atoms. The molecule has 1 aromatic carbocycles. The predicted molar refractivity (Wildman–Crippen MR) is 74.2 cm³/mol. The van der Waals surface area contributed by atoms with E-state index in [2.05, 4.69) is 45.5 Å². The summed E-state index contributed by atoms with van der Waals surface area (Å²) in [5.74, 6) is 0.754. The third-order valence-electron chi connectivity index (χ3n) is 3.47. The highest BCUT2D eigenvalue weighted by Crippen LogP contribution is 2.36. The van der Waals surface area contributed by atoms with Gasteiger partial charge in [-0.15, -0.1) is 0 Å². The van der Waals surface area contributed by atoms with Crippen LogP contribution in [0.15, 0.2) is 28.7 Å². The van der Waals surface area contributed by atoms with Gasteiger partial charge in [0.1, 0.15) is 0 Å². The molecule has 0 bridgehead atoms. The van der Waals surface area contributed by atoms with Crippen molar-refractivity contribution in [3.63, 3.8) is 0 Å². The largest absolute Gasteiger partial charge is 0.380 e. The van der Waals surface area contributed by atoms with Crippen LogP contribution in [-0.4, -0.2) is 26.3 Å². The lowest BCUT2D eigenvalue weighted by Gasteiger charge is -2.26. The van der Waals surface area contributed by atoms with E-state index in [4.69, 9.17) is 4.74 Å². The van der Waals surface area contributed by atoms with Crippen LogP contribution >= 0.6 is 15.9 Å². The van der Waals surface area contributed by atoms with E-state index in [0.29, 0.717) is 12.1 Å². The molecule has 17 heavy (non-hydrogen) atoms. The molecule has 0 radical (unpaired) electrons. The second-order valence-corrected chi connectivity index (χ2v) is 5.68. The number of hydrogen-bond acceptors (Lipinski definition) is 2. The Morgan fingerprint density at radius 3 is 2.76 bits per heavy atom. The Morgan fingerprint density at radius 1 is 1.47 bits per heavy atom. The van der Waals surface area contributed by atoms with Crippen molar-refractivity contribution in [1.29, 1.82) is 0 Å². The Bertz CT molecular complexity index is 365. The Morgan fingerprint density at radius 2 is 2.24 bits per heavy atom. The molecular formula is C14H20BrNO. The molecule has 1 N–H and O–H groups in total.